The third-order valence-corrected chi connectivity index (χ3v) is 7.04. The Balaban J connectivity index is 1.91. The molecule has 1 aliphatic rings. The second-order valence-electron chi connectivity index (χ2n) is 8.80. The fourth-order valence-corrected chi connectivity index (χ4v) is 4.54. The van der Waals surface area contributed by atoms with Crippen LogP contribution in [0.15, 0.2) is 34.2 Å². The molecule has 7 nitrogen and oxygen atoms in total. The van der Waals surface area contributed by atoms with E-state index < -0.39 is 10.0 Å². The van der Waals surface area contributed by atoms with Gasteiger partial charge in [-0.05, 0) is 36.0 Å². The number of hydrogen-bond donors (Lipinski definition) is 2. The Morgan fingerprint density at radius 1 is 1.21 bits per heavy atom. The molecule has 1 aromatic carbocycles. The van der Waals surface area contributed by atoms with Crippen molar-refractivity contribution in [1.82, 2.24) is 14.9 Å². The van der Waals surface area contributed by atoms with Gasteiger partial charge < -0.3 is 15.4 Å². The van der Waals surface area contributed by atoms with Gasteiger partial charge in [-0.25, -0.2) is 12.7 Å². The molecule has 29 heavy (non-hydrogen) atoms. The Kier molecular flexibility index (Phi) is 8.08. The minimum atomic E-state index is -3.40. The molecule has 0 amide bonds. The Bertz CT molecular complexity index is 783. The number of aliphatic imine (C=N–C) groups is 1. The van der Waals surface area contributed by atoms with Crippen molar-refractivity contribution in [3.8, 4) is 0 Å². The molecular weight excluding hydrogens is 388 g/mol. The maximum atomic E-state index is 12.2. The molecule has 8 heteroatoms. The highest BCUT2D eigenvalue weighted by molar-refractivity contribution is 7.89. The first-order chi connectivity index (χ1) is 13.6. The third kappa shape index (κ3) is 6.42. The summed E-state index contributed by atoms with van der Waals surface area (Å²) < 4.78 is 31.6. The van der Waals surface area contributed by atoms with Gasteiger partial charge in [0, 0.05) is 46.8 Å². The summed E-state index contributed by atoms with van der Waals surface area (Å²) >= 11 is 0. The van der Waals surface area contributed by atoms with Crippen LogP contribution in [0.25, 0.3) is 0 Å². The molecule has 1 saturated heterocycles. The quantitative estimate of drug-likeness (QED) is 0.541. The Morgan fingerprint density at radius 3 is 2.41 bits per heavy atom. The van der Waals surface area contributed by atoms with Gasteiger partial charge in [-0.3, -0.25) is 4.99 Å². The van der Waals surface area contributed by atoms with Gasteiger partial charge in [0.15, 0.2) is 5.96 Å². The summed E-state index contributed by atoms with van der Waals surface area (Å²) in [6.45, 7) is 8.88. The summed E-state index contributed by atoms with van der Waals surface area (Å²) in [4.78, 5) is 4.60. The lowest BCUT2D eigenvalue weighted by atomic mass is 9.78. The summed E-state index contributed by atoms with van der Waals surface area (Å²) in [6.07, 6.45) is 2.47. The summed E-state index contributed by atoms with van der Waals surface area (Å²) in [7, 11) is 1.41. The van der Waals surface area contributed by atoms with Gasteiger partial charge in [0.1, 0.15) is 0 Å². The predicted molar refractivity (Wildman–Crippen MR) is 117 cm³/mol. The molecule has 0 spiro atoms. The minimum absolute atomic E-state index is 0.109. The zero-order chi connectivity index (χ0) is 21.7. The van der Waals surface area contributed by atoms with Crippen LogP contribution in [0.2, 0.25) is 0 Å². The van der Waals surface area contributed by atoms with Gasteiger partial charge in [-0.1, -0.05) is 32.9 Å². The average Bonchev–Trinajstić information content (AvgIpc) is 2.68. The van der Waals surface area contributed by atoms with E-state index in [1.807, 2.05) is 12.1 Å². The summed E-state index contributed by atoms with van der Waals surface area (Å²) in [6, 6.07) is 6.91. The number of ether oxygens (including phenoxy) is 1. The topological polar surface area (TPSA) is 83.0 Å². The molecular formula is C21H36N4O3S. The van der Waals surface area contributed by atoms with Crippen molar-refractivity contribution in [3.05, 3.63) is 29.8 Å². The molecule has 2 rings (SSSR count). The lowest BCUT2D eigenvalue weighted by Gasteiger charge is -2.40. The zero-order valence-electron chi connectivity index (χ0n) is 18.5. The zero-order valence-corrected chi connectivity index (χ0v) is 19.3. The molecule has 164 valence electrons. The molecule has 2 N–H and O–H groups in total. The van der Waals surface area contributed by atoms with E-state index >= 15 is 0 Å². The van der Waals surface area contributed by atoms with Gasteiger partial charge in [0.05, 0.1) is 11.0 Å². The highest BCUT2D eigenvalue weighted by Gasteiger charge is 2.35. The van der Waals surface area contributed by atoms with Crippen LogP contribution >= 0.6 is 0 Å². The highest BCUT2D eigenvalue weighted by Crippen LogP contribution is 2.33. The maximum Gasteiger partial charge on any atom is 0.242 e. The van der Waals surface area contributed by atoms with Crippen molar-refractivity contribution in [1.29, 1.82) is 0 Å². The van der Waals surface area contributed by atoms with Crippen molar-refractivity contribution >= 4 is 16.0 Å². The molecule has 2 unspecified atom stereocenters. The van der Waals surface area contributed by atoms with Crippen molar-refractivity contribution < 1.29 is 13.2 Å². The first-order valence-corrected chi connectivity index (χ1v) is 11.6. The molecule has 1 heterocycles. The Hall–Kier alpha value is -1.64. The predicted octanol–water partition coefficient (Wildman–Crippen LogP) is 2.44. The SMILES string of the molecule is CN=C(NCc1ccc(S(=O)(=O)N(C)C)cc1)NCC1CCCOC1C(C)(C)C. The van der Waals surface area contributed by atoms with Crippen LogP contribution in [-0.4, -0.2) is 59.1 Å². The van der Waals surface area contributed by atoms with Crippen molar-refractivity contribution in [2.24, 2.45) is 16.3 Å². The van der Waals surface area contributed by atoms with E-state index in [0.29, 0.717) is 17.4 Å². The summed E-state index contributed by atoms with van der Waals surface area (Å²) in [5, 5.41) is 6.72. The molecule has 0 saturated carbocycles. The standard InChI is InChI=1S/C21H36N4O3S/c1-21(2,3)19-17(8-7-13-28-19)15-24-20(22-4)23-14-16-9-11-18(12-10-16)29(26,27)25(5)6/h9-12,17,19H,7-8,13-15H2,1-6H3,(H2,22,23,24). The van der Waals surface area contributed by atoms with E-state index in [0.717, 1.165) is 37.5 Å². The number of benzene rings is 1. The molecule has 2 atom stereocenters. The lowest BCUT2D eigenvalue weighted by molar-refractivity contribution is -0.0835. The van der Waals surface area contributed by atoms with Gasteiger partial charge in [-0.2, -0.15) is 0 Å². The van der Waals surface area contributed by atoms with E-state index in [2.05, 4.69) is 36.4 Å². The van der Waals surface area contributed by atoms with Crippen molar-refractivity contribution in [2.75, 3.05) is 34.3 Å². The van der Waals surface area contributed by atoms with Crippen LogP contribution in [0.5, 0.6) is 0 Å². The molecule has 0 radical (unpaired) electrons. The maximum absolute atomic E-state index is 12.2. The molecule has 1 aliphatic heterocycles. The van der Waals surface area contributed by atoms with E-state index in [1.165, 1.54) is 18.4 Å². The lowest BCUT2D eigenvalue weighted by Crippen LogP contribution is -2.47. The number of rotatable bonds is 6. The van der Waals surface area contributed by atoms with Crippen LogP contribution in [0.1, 0.15) is 39.2 Å². The summed E-state index contributed by atoms with van der Waals surface area (Å²) in [5.74, 6) is 1.17. The number of nitrogens with zero attached hydrogens (tertiary/aromatic N) is 2. The van der Waals surface area contributed by atoms with Gasteiger partial charge in [0.25, 0.3) is 0 Å². The monoisotopic (exact) mass is 424 g/mol. The average molecular weight is 425 g/mol. The van der Waals surface area contributed by atoms with E-state index in [1.54, 1.807) is 19.2 Å². The molecule has 0 aliphatic carbocycles. The minimum Gasteiger partial charge on any atom is -0.377 e. The van der Waals surface area contributed by atoms with Crippen LogP contribution in [0.3, 0.4) is 0 Å². The smallest absolute Gasteiger partial charge is 0.242 e. The van der Waals surface area contributed by atoms with Crippen molar-refractivity contribution in [3.63, 3.8) is 0 Å². The molecule has 0 bridgehead atoms. The Labute approximate surface area is 176 Å². The third-order valence-electron chi connectivity index (χ3n) is 5.22. The number of nitrogens with one attached hydrogen (secondary N) is 2. The normalized spacial score (nSPS) is 21.3. The van der Waals surface area contributed by atoms with E-state index in [9.17, 15) is 8.42 Å². The van der Waals surface area contributed by atoms with Crippen LogP contribution in [0.4, 0.5) is 0 Å². The molecule has 0 aromatic heterocycles. The van der Waals surface area contributed by atoms with E-state index in [-0.39, 0.29) is 11.5 Å². The molecule has 1 aromatic rings. The second-order valence-corrected chi connectivity index (χ2v) is 10.9. The van der Waals surface area contributed by atoms with Crippen LogP contribution < -0.4 is 10.6 Å². The highest BCUT2D eigenvalue weighted by atomic mass is 32.2. The number of hydrogen-bond acceptors (Lipinski definition) is 4. The van der Waals surface area contributed by atoms with Gasteiger partial charge in [-0.15, -0.1) is 0 Å². The largest absolute Gasteiger partial charge is 0.377 e. The van der Waals surface area contributed by atoms with Crippen LogP contribution in [0, 0.1) is 11.3 Å². The first-order valence-electron chi connectivity index (χ1n) is 10.1. The molecule has 1 fully saturated rings. The fourth-order valence-electron chi connectivity index (χ4n) is 3.63. The number of guanidine groups is 1. The van der Waals surface area contributed by atoms with Crippen molar-refractivity contribution in [2.45, 2.75) is 51.2 Å². The van der Waals surface area contributed by atoms with Gasteiger partial charge in [0.2, 0.25) is 10.0 Å². The van der Waals surface area contributed by atoms with Gasteiger partial charge >= 0.3 is 0 Å². The van der Waals surface area contributed by atoms with Crippen LogP contribution in [-0.2, 0) is 21.3 Å². The second kappa shape index (κ2) is 9.91. The fraction of sp³-hybridized carbons (Fsp3) is 0.667. The van der Waals surface area contributed by atoms with E-state index in [4.69, 9.17) is 4.74 Å². The summed E-state index contributed by atoms with van der Waals surface area (Å²) in [5.41, 5.74) is 1.09. The Morgan fingerprint density at radius 2 is 1.86 bits per heavy atom. The first kappa shape index (κ1) is 23.6. The number of sulfonamides is 1.